The van der Waals surface area contributed by atoms with Crippen LogP contribution in [-0.2, 0) is 24.4 Å². The van der Waals surface area contributed by atoms with E-state index in [-0.39, 0.29) is 18.1 Å². The molecule has 0 atom stereocenters. The fourth-order valence-electron chi connectivity index (χ4n) is 3.27. The Bertz CT molecular complexity index is 1200. The molecule has 146 valence electrons. The van der Waals surface area contributed by atoms with E-state index in [1.807, 2.05) is 67.6 Å². The molecular formula is C22H21N5O2. The molecule has 1 N–H and O–H groups in total. The summed E-state index contributed by atoms with van der Waals surface area (Å²) in [6, 6.07) is 19.2. The molecule has 2 aromatic heterocycles. The summed E-state index contributed by atoms with van der Waals surface area (Å²) >= 11 is 0. The van der Waals surface area contributed by atoms with E-state index in [0.717, 1.165) is 11.1 Å². The van der Waals surface area contributed by atoms with E-state index in [1.54, 1.807) is 10.8 Å². The molecule has 0 radical (unpaired) electrons. The van der Waals surface area contributed by atoms with Gasteiger partial charge < -0.3 is 5.32 Å². The van der Waals surface area contributed by atoms with Crippen LogP contribution in [0.4, 0.5) is 0 Å². The van der Waals surface area contributed by atoms with Gasteiger partial charge in [-0.1, -0.05) is 60.7 Å². The van der Waals surface area contributed by atoms with Gasteiger partial charge in [0, 0.05) is 18.7 Å². The normalized spacial score (nSPS) is 10.9. The molecule has 0 saturated heterocycles. The molecule has 0 spiro atoms. The molecule has 7 nitrogen and oxygen atoms in total. The van der Waals surface area contributed by atoms with Crippen molar-refractivity contribution in [3.63, 3.8) is 0 Å². The first-order valence-corrected chi connectivity index (χ1v) is 9.49. The number of benzene rings is 2. The second-order valence-corrected chi connectivity index (χ2v) is 6.64. The molecule has 0 saturated carbocycles. The highest BCUT2D eigenvalue weighted by Gasteiger charge is 2.17. The molecule has 1 amide bonds. The van der Waals surface area contributed by atoms with Crippen molar-refractivity contribution in [2.75, 3.05) is 0 Å². The number of nitrogens with one attached hydrogen (secondary N) is 1. The molecule has 7 heteroatoms. The van der Waals surface area contributed by atoms with E-state index in [1.165, 1.54) is 4.57 Å². The fourth-order valence-corrected chi connectivity index (χ4v) is 3.27. The SMILES string of the molecule is CCn1c(=O)n(CC(=O)NCc2ccccc2)c2nc(-c3ccccc3)ncc21. The summed E-state index contributed by atoms with van der Waals surface area (Å²) in [5.74, 6) is 0.274. The Hall–Kier alpha value is -3.74. The molecule has 29 heavy (non-hydrogen) atoms. The largest absolute Gasteiger partial charge is 0.350 e. The van der Waals surface area contributed by atoms with Crippen LogP contribution in [0.1, 0.15) is 12.5 Å². The van der Waals surface area contributed by atoms with Gasteiger partial charge in [0.25, 0.3) is 0 Å². The van der Waals surface area contributed by atoms with Crippen LogP contribution in [0.25, 0.3) is 22.6 Å². The molecule has 0 bridgehead atoms. The van der Waals surface area contributed by atoms with Crippen LogP contribution in [0.3, 0.4) is 0 Å². The number of hydrogen-bond donors (Lipinski definition) is 1. The molecule has 4 rings (SSSR count). The van der Waals surface area contributed by atoms with Crippen LogP contribution in [-0.4, -0.2) is 25.0 Å². The quantitative estimate of drug-likeness (QED) is 0.551. The minimum absolute atomic E-state index is 0.0968. The van der Waals surface area contributed by atoms with E-state index in [0.29, 0.717) is 30.1 Å². The van der Waals surface area contributed by atoms with Gasteiger partial charge in [-0.25, -0.2) is 14.8 Å². The van der Waals surface area contributed by atoms with E-state index < -0.39 is 0 Å². The van der Waals surface area contributed by atoms with Crippen LogP contribution in [0.5, 0.6) is 0 Å². The van der Waals surface area contributed by atoms with Gasteiger partial charge in [-0.15, -0.1) is 0 Å². The smallest absolute Gasteiger partial charge is 0.330 e. The third-order valence-electron chi connectivity index (χ3n) is 4.74. The maximum atomic E-state index is 12.9. The summed E-state index contributed by atoms with van der Waals surface area (Å²) in [6.07, 6.45) is 1.65. The lowest BCUT2D eigenvalue weighted by Crippen LogP contribution is -2.32. The summed E-state index contributed by atoms with van der Waals surface area (Å²) in [7, 11) is 0. The zero-order valence-corrected chi connectivity index (χ0v) is 16.1. The maximum Gasteiger partial charge on any atom is 0.330 e. The van der Waals surface area contributed by atoms with Crippen molar-refractivity contribution in [2.45, 2.75) is 26.6 Å². The highest BCUT2D eigenvalue weighted by molar-refractivity contribution is 5.79. The van der Waals surface area contributed by atoms with Gasteiger partial charge in [0.05, 0.1) is 6.20 Å². The number of aromatic nitrogens is 4. The number of imidazole rings is 1. The molecule has 0 aliphatic rings. The van der Waals surface area contributed by atoms with Gasteiger partial charge in [0.2, 0.25) is 5.91 Å². The first kappa shape index (κ1) is 18.6. The Morgan fingerprint density at radius 1 is 1.00 bits per heavy atom. The Balaban J connectivity index is 1.66. The van der Waals surface area contributed by atoms with Crippen LogP contribution in [0.15, 0.2) is 71.7 Å². The van der Waals surface area contributed by atoms with Crippen molar-refractivity contribution in [3.05, 3.63) is 82.9 Å². The minimum Gasteiger partial charge on any atom is -0.350 e. The zero-order chi connectivity index (χ0) is 20.2. The number of carbonyl (C=O) groups is 1. The molecule has 0 fully saturated rings. The number of hydrogen-bond acceptors (Lipinski definition) is 4. The van der Waals surface area contributed by atoms with E-state index >= 15 is 0 Å². The number of amides is 1. The molecule has 2 aromatic carbocycles. The average Bonchev–Trinajstić information content (AvgIpc) is 3.03. The van der Waals surface area contributed by atoms with Crippen molar-refractivity contribution in [1.82, 2.24) is 24.4 Å². The number of nitrogens with zero attached hydrogens (tertiary/aromatic N) is 4. The predicted molar refractivity (Wildman–Crippen MR) is 111 cm³/mol. The Morgan fingerprint density at radius 3 is 2.38 bits per heavy atom. The monoisotopic (exact) mass is 387 g/mol. The van der Waals surface area contributed by atoms with Crippen molar-refractivity contribution < 1.29 is 4.79 Å². The Kier molecular flexibility index (Phi) is 5.20. The first-order chi connectivity index (χ1) is 14.2. The molecule has 0 aliphatic carbocycles. The van der Waals surface area contributed by atoms with Crippen LogP contribution < -0.4 is 11.0 Å². The number of rotatable bonds is 6. The second kappa shape index (κ2) is 8.10. The Labute approximate surface area is 167 Å². The van der Waals surface area contributed by atoms with Gasteiger partial charge in [0.1, 0.15) is 12.1 Å². The number of carbonyl (C=O) groups excluding carboxylic acids is 1. The average molecular weight is 387 g/mol. The van der Waals surface area contributed by atoms with Gasteiger partial charge in [-0.3, -0.25) is 13.9 Å². The minimum atomic E-state index is -0.267. The molecular weight excluding hydrogens is 366 g/mol. The van der Waals surface area contributed by atoms with Crippen molar-refractivity contribution in [2.24, 2.45) is 0 Å². The molecule has 2 heterocycles. The Morgan fingerprint density at radius 2 is 1.69 bits per heavy atom. The molecule has 4 aromatic rings. The van der Waals surface area contributed by atoms with Crippen molar-refractivity contribution in [3.8, 4) is 11.4 Å². The van der Waals surface area contributed by atoms with E-state index in [9.17, 15) is 9.59 Å². The predicted octanol–water partition coefficient (Wildman–Crippen LogP) is 2.60. The summed E-state index contributed by atoms with van der Waals surface area (Å²) < 4.78 is 2.99. The van der Waals surface area contributed by atoms with Crippen LogP contribution in [0, 0.1) is 0 Å². The third-order valence-corrected chi connectivity index (χ3v) is 4.74. The van der Waals surface area contributed by atoms with Gasteiger partial charge >= 0.3 is 5.69 Å². The van der Waals surface area contributed by atoms with Crippen LogP contribution >= 0.6 is 0 Å². The number of fused-ring (bicyclic) bond motifs is 1. The van der Waals surface area contributed by atoms with Gasteiger partial charge in [-0.05, 0) is 12.5 Å². The van der Waals surface area contributed by atoms with E-state index in [4.69, 9.17) is 0 Å². The highest BCUT2D eigenvalue weighted by Crippen LogP contribution is 2.17. The maximum absolute atomic E-state index is 12.9. The standard InChI is InChI=1S/C22H21N5O2/c1-2-26-18-14-24-20(17-11-7-4-8-12-17)25-21(18)27(22(26)29)15-19(28)23-13-16-9-5-3-6-10-16/h3-12,14H,2,13,15H2,1H3,(H,23,28). The third kappa shape index (κ3) is 3.80. The lowest BCUT2D eigenvalue weighted by atomic mass is 10.2. The van der Waals surface area contributed by atoms with Gasteiger partial charge in [-0.2, -0.15) is 0 Å². The summed E-state index contributed by atoms with van der Waals surface area (Å²) in [6.45, 7) is 2.67. The molecule has 0 unspecified atom stereocenters. The second-order valence-electron chi connectivity index (χ2n) is 6.64. The topological polar surface area (TPSA) is 81.8 Å². The zero-order valence-electron chi connectivity index (χ0n) is 16.1. The summed E-state index contributed by atoms with van der Waals surface area (Å²) in [4.78, 5) is 34.4. The highest BCUT2D eigenvalue weighted by atomic mass is 16.2. The van der Waals surface area contributed by atoms with Crippen LogP contribution in [0.2, 0.25) is 0 Å². The van der Waals surface area contributed by atoms with E-state index in [2.05, 4.69) is 15.3 Å². The first-order valence-electron chi connectivity index (χ1n) is 9.49. The van der Waals surface area contributed by atoms with Crippen molar-refractivity contribution >= 4 is 17.1 Å². The summed E-state index contributed by atoms with van der Waals surface area (Å²) in [5.41, 5.74) is 2.66. The van der Waals surface area contributed by atoms with Crippen molar-refractivity contribution in [1.29, 1.82) is 0 Å². The fraction of sp³-hybridized carbons (Fsp3) is 0.182. The van der Waals surface area contributed by atoms with Gasteiger partial charge in [0.15, 0.2) is 11.5 Å². The number of aryl methyl sites for hydroxylation is 1. The molecule has 0 aliphatic heterocycles. The lowest BCUT2D eigenvalue weighted by molar-refractivity contribution is -0.121. The summed E-state index contributed by atoms with van der Waals surface area (Å²) in [5, 5.41) is 2.86. The lowest BCUT2D eigenvalue weighted by Gasteiger charge is -2.06.